The van der Waals surface area contributed by atoms with Gasteiger partial charge in [0.1, 0.15) is 5.03 Å². The molecular weight excluding hydrogens is 356 g/mol. The molecule has 0 saturated carbocycles. The molecule has 7 heteroatoms. The third-order valence-corrected chi connectivity index (χ3v) is 4.70. The van der Waals surface area contributed by atoms with Crippen molar-refractivity contribution < 1.29 is 22.3 Å². The van der Waals surface area contributed by atoms with Gasteiger partial charge in [-0.25, -0.2) is 9.98 Å². The second-order valence-corrected chi connectivity index (χ2v) is 5.42. The van der Waals surface area contributed by atoms with Crippen molar-refractivity contribution in [3.63, 3.8) is 0 Å². The van der Waals surface area contributed by atoms with E-state index in [4.69, 9.17) is 0 Å². The van der Waals surface area contributed by atoms with Crippen molar-refractivity contribution >= 4 is 39.9 Å². The van der Waals surface area contributed by atoms with Crippen LogP contribution in [0.3, 0.4) is 0 Å². The number of thioether (sulfide) groups is 1. The van der Waals surface area contributed by atoms with Gasteiger partial charge >= 0.3 is 0 Å². The minimum Gasteiger partial charge on any atom is -1.00 e. The number of halogens is 2. The van der Waals surface area contributed by atoms with Crippen LogP contribution in [0.25, 0.3) is 0 Å². The van der Waals surface area contributed by atoms with E-state index in [0.717, 1.165) is 17.8 Å². The summed E-state index contributed by atoms with van der Waals surface area (Å²) in [6.45, 7) is 0.791. The Morgan fingerprint density at radius 2 is 2.50 bits per heavy atom. The highest BCUT2D eigenvalue weighted by atomic mass is 79.9. The highest BCUT2D eigenvalue weighted by Gasteiger charge is 2.35. The van der Waals surface area contributed by atoms with E-state index < -0.39 is 0 Å². The summed E-state index contributed by atoms with van der Waals surface area (Å²) >= 11 is 5.49. The van der Waals surface area contributed by atoms with Crippen molar-refractivity contribution in [2.24, 2.45) is 9.98 Å². The predicted octanol–water partition coefficient (Wildman–Crippen LogP) is -2.66. The van der Waals surface area contributed by atoms with Gasteiger partial charge in [-0.2, -0.15) is 0 Å². The van der Waals surface area contributed by atoms with Crippen molar-refractivity contribution in [3.8, 4) is 0 Å². The molecule has 1 saturated heterocycles. The molecule has 1 atom stereocenters. The van der Waals surface area contributed by atoms with Gasteiger partial charge in [-0.3, -0.25) is 5.32 Å². The van der Waals surface area contributed by atoms with E-state index in [1.54, 1.807) is 0 Å². The second-order valence-electron chi connectivity index (χ2n) is 3.68. The van der Waals surface area contributed by atoms with Crippen LogP contribution < -0.4 is 22.3 Å². The average Bonchev–Trinajstić information content (AvgIpc) is 2.76. The third kappa shape index (κ3) is 1.98. The third-order valence-electron chi connectivity index (χ3n) is 2.81. The molecule has 0 aromatic heterocycles. The van der Waals surface area contributed by atoms with Gasteiger partial charge in [0.25, 0.3) is 0 Å². The summed E-state index contributed by atoms with van der Waals surface area (Å²) < 4.78 is 0. The summed E-state index contributed by atoms with van der Waals surface area (Å²) in [5, 5.41) is 4.53. The molecule has 2 N–H and O–H groups in total. The lowest BCUT2D eigenvalue weighted by Gasteiger charge is -2.35. The number of aliphatic imine (C=N–C) groups is 2. The number of hydrogen-bond donors (Lipinski definition) is 1. The first-order chi connectivity index (χ1) is 7.40. The molecule has 0 amide bonds. The normalized spacial score (nSPS) is 27.2. The first kappa shape index (κ1) is 12.6. The molecule has 3 aliphatic heterocycles. The van der Waals surface area contributed by atoms with E-state index in [-0.39, 0.29) is 17.0 Å². The summed E-state index contributed by atoms with van der Waals surface area (Å²) in [6, 6.07) is 0.549. The molecule has 16 heavy (non-hydrogen) atoms. The maximum absolute atomic E-state index is 4.40. The fourth-order valence-corrected chi connectivity index (χ4v) is 3.89. The Balaban J connectivity index is 0.000000963. The molecule has 0 aromatic carbocycles. The molecule has 3 aliphatic rings. The van der Waals surface area contributed by atoms with Crippen molar-refractivity contribution in [1.29, 1.82) is 0 Å². The molecule has 0 bridgehead atoms. The van der Waals surface area contributed by atoms with E-state index in [1.165, 1.54) is 22.9 Å². The fourth-order valence-electron chi connectivity index (χ4n) is 2.00. The number of hydrogen-bond acceptors (Lipinski definition) is 4. The Morgan fingerprint density at radius 1 is 1.62 bits per heavy atom. The standard InChI is InChI=1S/C9H11BrN4S.BrH/c10-3-6-1-2-15-9-7-8(12-4-11-7)13-5-14(6)9;/h5-6,11H,1-4H2;1H. The maximum atomic E-state index is 4.40. The van der Waals surface area contributed by atoms with Gasteiger partial charge in [0.2, 0.25) is 11.5 Å². The maximum Gasteiger partial charge on any atom is 0.219 e. The first-order valence-electron chi connectivity index (χ1n) is 5.04. The van der Waals surface area contributed by atoms with E-state index in [9.17, 15) is 0 Å². The number of nitrogens with two attached hydrogens (primary N) is 1. The molecule has 0 radical (unpaired) electrons. The smallest absolute Gasteiger partial charge is 0.219 e. The van der Waals surface area contributed by atoms with Gasteiger partial charge < -0.3 is 21.9 Å². The summed E-state index contributed by atoms with van der Waals surface area (Å²) in [7, 11) is 0. The fraction of sp³-hybridized carbons (Fsp3) is 0.556. The van der Waals surface area contributed by atoms with Crippen LogP contribution in [0.1, 0.15) is 6.42 Å². The van der Waals surface area contributed by atoms with Crippen molar-refractivity contribution in [2.45, 2.75) is 12.5 Å². The quantitative estimate of drug-likeness (QED) is 0.514. The van der Waals surface area contributed by atoms with Gasteiger partial charge in [0.15, 0.2) is 6.67 Å². The van der Waals surface area contributed by atoms with E-state index in [1.807, 2.05) is 18.1 Å². The molecular formula is C9H12Br2N4S. The largest absolute Gasteiger partial charge is 1.00 e. The zero-order valence-electron chi connectivity index (χ0n) is 8.57. The molecule has 4 nitrogen and oxygen atoms in total. The zero-order valence-corrected chi connectivity index (χ0v) is 12.6. The Kier molecular flexibility index (Phi) is 4.10. The van der Waals surface area contributed by atoms with Crippen LogP contribution in [0.4, 0.5) is 0 Å². The van der Waals surface area contributed by atoms with Crippen LogP contribution in [0.15, 0.2) is 20.7 Å². The van der Waals surface area contributed by atoms with Gasteiger partial charge in [-0.05, 0) is 6.42 Å². The molecule has 3 rings (SSSR count). The predicted molar refractivity (Wildman–Crippen MR) is 66.2 cm³/mol. The van der Waals surface area contributed by atoms with Gasteiger partial charge in [0, 0.05) is 17.1 Å². The second kappa shape index (κ2) is 5.20. The lowest BCUT2D eigenvalue weighted by molar-refractivity contribution is -0.591. The van der Waals surface area contributed by atoms with Crippen LogP contribution in [0.5, 0.6) is 0 Å². The highest BCUT2D eigenvalue weighted by Crippen LogP contribution is 2.34. The van der Waals surface area contributed by atoms with Crippen LogP contribution in [0.2, 0.25) is 0 Å². The summed E-state index contributed by atoms with van der Waals surface area (Å²) in [5.74, 6) is 2.12. The monoisotopic (exact) mass is 366 g/mol. The first-order valence-corrected chi connectivity index (χ1v) is 7.14. The zero-order chi connectivity index (χ0) is 10.3. The molecule has 3 heterocycles. The van der Waals surface area contributed by atoms with Gasteiger partial charge in [0.05, 0.1) is 6.34 Å². The summed E-state index contributed by atoms with van der Waals surface area (Å²) in [4.78, 5) is 11.0. The average molecular weight is 368 g/mol. The minimum absolute atomic E-state index is 0. The summed E-state index contributed by atoms with van der Waals surface area (Å²) in [6.07, 6.45) is 3.15. The molecule has 0 spiro atoms. The lowest BCUT2D eigenvalue weighted by Crippen LogP contribution is -3.00. The topological polar surface area (TPSA) is 44.6 Å². The molecule has 88 valence electrons. The van der Waals surface area contributed by atoms with Crippen molar-refractivity contribution in [3.05, 3.63) is 10.7 Å². The Morgan fingerprint density at radius 3 is 3.31 bits per heavy atom. The number of amidine groups is 1. The Hall–Kier alpha value is 0.150. The number of nitrogens with zero attached hydrogens (tertiary/aromatic N) is 3. The van der Waals surface area contributed by atoms with Gasteiger partial charge in [-0.15, -0.1) is 11.8 Å². The molecule has 1 unspecified atom stereocenters. The van der Waals surface area contributed by atoms with E-state index >= 15 is 0 Å². The molecule has 0 aliphatic carbocycles. The highest BCUT2D eigenvalue weighted by molar-refractivity contribution is 9.09. The number of quaternary nitrogens is 1. The SMILES string of the molecule is BrCC1CCSC2=C3[NH2+]CN=C3N=CN21.[Br-]. The van der Waals surface area contributed by atoms with Gasteiger partial charge in [-0.1, -0.05) is 15.9 Å². The molecule has 1 fully saturated rings. The number of fused-ring (bicyclic) bond motifs is 2. The van der Waals surface area contributed by atoms with Crippen LogP contribution in [-0.2, 0) is 0 Å². The van der Waals surface area contributed by atoms with Crippen LogP contribution in [0, 0.1) is 0 Å². The number of alkyl halides is 1. The Bertz CT molecular complexity index is 380. The van der Waals surface area contributed by atoms with Crippen molar-refractivity contribution in [1.82, 2.24) is 4.90 Å². The van der Waals surface area contributed by atoms with Crippen LogP contribution >= 0.6 is 27.7 Å². The molecule has 0 aromatic rings. The summed E-state index contributed by atoms with van der Waals surface area (Å²) in [5.41, 5.74) is 1.24. The van der Waals surface area contributed by atoms with E-state index in [0.29, 0.717) is 6.04 Å². The Labute approximate surface area is 118 Å². The van der Waals surface area contributed by atoms with Crippen LogP contribution in [-0.4, -0.2) is 40.9 Å². The number of rotatable bonds is 1. The minimum atomic E-state index is 0. The van der Waals surface area contributed by atoms with E-state index in [2.05, 4.69) is 36.1 Å². The lowest BCUT2D eigenvalue weighted by atomic mass is 10.2. The van der Waals surface area contributed by atoms with Crippen molar-refractivity contribution in [2.75, 3.05) is 17.8 Å².